The molecule has 18 heavy (non-hydrogen) atoms. The van der Waals surface area contributed by atoms with Gasteiger partial charge in [-0.05, 0) is 41.0 Å². The van der Waals surface area contributed by atoms with E-state index in [-0.39, 0.29) is 17.5 Å². The molecule has 0 bridgehead atoms. The molecule has 0 saturated heterocycles. The van der Waals surface area contributed by atoms with Gasteiger partial charge in [-0.2, -0.15) is 0 Å². The van der Waals surface area contributed by atoms with Gasteiger partial charge >= 0.3 is 0 Å². The van der Waals surface area contributed by atoms with Gasteiger partial charge in [0.25, 0.3) is 5.69 Å². The standard InChI is InChI=1S/C11H14BrN3O3/c1-7(4-5-13)11(16)14-8-2-3-10(15(17)18)9(12)6-8/h2-3,6-7H,4-5,13H2,1H3,(H,14,16). The van der Waals surface area contributed by atoms with Crippen molar-refractivity contribution in [1.29, 1.82) is 0 Å². The summed E-state index contributed by atoms with van der Waals surface area (Å²) >= 11 is 3.09. The van der Waals surface area contributed by atoms with Gasteiger partial charge in [-0.15, -0.1) is 0 Å². The second-order valence-corrected chi connectivity index (χ2v) is 4.75. The third-order valence-corrected chi connectivity index (χ3v) is 3.09. The van der Waals surface area contributed by atoms with Crippen LogP contribution < -0.4 is 11.1 Å². The minimum atomic E-state index is -0.493. The lowest BCUT2D eigenvalue weighted by molar-refractivity contribution is -0.385. The van der Waals surface area contributed by atoms with E-state index in [0.717, 1.165) is 0 Å². The predicted octanol–water partition coefficient (Wildman–Crippen LogP) is 2.28. The maximum atomic E-state index is 11.7. The number of carbonyl (C=O) groups is 1. The molecule has 0 radical (unpaired) electrons. The largest absolute Gasteiger partial charge is 0.330 e. The van der Waals surface area contributed by atoms with Crippen LogP contribution in [0.1, 0.15) is 13.3 Å². The summed E-state index contributed by atoms with van der Waals surface area (Å²) in [4.78, 5) is 21.8. The SMILES string of the molecule is CC(CCN)C(=O)Nc1ccc([N+](=O)[O-])c(Br)c1. The van der Waals surface area contributed by atoms with E-state index in [1.54, 1.807) is 6.92 Å². The third kappa shape index (κ3) is 3.78. The summed E-state index contributed by atoms with van der Waals surface area (Å²) in [5.74, 6) is -0.342. The first-order valence-corrected chi connectivity index (χ1v) is 6.20. The molecule has 0 aliphatic rings. The zero-order valence-electron chi connectivity index (χ0n) is 9.85. The molecule has 1 rings (SSSR count). The Morgan fingerprint density at radius 3 is 2.78 bits per heavy atom. The molecular formula is C11H14BrN3O3. The average molecular weight is 316 g/mol. The van der Waals surface area contributed by atoms with Crippen molar-refractivity contribution in [1.82, 2.24) is 0 Å². The number of amides is 1. The van der Waals surface area contributed by atoms with E-state index < -0.39 is 4.92 Å². The molecule has 7 heteroatoms. The summed E-state index contributed by atoms with van der Waals surface area (Å²) in [6.07, 6.45) is 0.597. The van der Waals surface area contributed by atoms with Crippen molar-refractivity contribution in [2.45, 2.75) is 13.3 Å². The van der Waals surface area contributed by atoms with E-state index in [9.17, 15) is 14.9 Å². The number of nitrogens with zero attached hydrogens (tertiary/aromatic N) is 1. The Bertz CT molecular complexity index is 465. The van der Waals surface area contributed by atoms with E-state index >= 15 is 0 Å². The van der Waals surface area contributed by atoms with Crippen LogP contribution in [0.25, 0.3) is 0 Å². The average Bonchev–Trinajstić information content (AvgIpc) is 2.28. The van der Waals surface area contributed by atoms with Gasteiger partial charge in [-0.1, -0.05) is 6.92 Å². The van der Waals surface area contributed by atoms with Crippen molar-refractivity contribution in [3.63, 3.8) is 0 Å². The molecule has 1 unspecified atom stereocenters. The molecule has 0 heterocycles. The number of nitro groups is 1. The fraction of sp³-hybridized carbons (Fsp3) is 0.364. The first kappa shape index (κ1) is 14.6. The second-order valence-electron chi connectivity index (χ2n) is 3.89. The highest BCUT2D eigenvalue weighted by Gasteiger charge is 2.15. The third-order valence-electron chi connectivity index (χ3n) is 2.46. The fourth-order valence-corrected chi connectivity index (χ4v) is 1.90. The van der Waals surface area contributed by atoms with Crippen LogP contribution in [0.2, 0.25) is 0 Å². The van der Waals surface area contributed by atoms with Gasteiger partial charge in [-0.3, -0.25) is 14.9 Å². The number of hydrogen-bond donors (Lipinski definition) is 2. The molecular weight excluding hydrogens is 302 g/mol. The minimum absolute atomic E-state index is 0.0389. The van der Waals surface area contributed by atoms with Crippen LogP contribution in [0.4, 0.5) is 11.4 Å². The number of anilines is 1. The molecule has 0 aromatic heterocycles. The van der Waals surface area contributed by atoms with E-state index in [2.05, 4.69) is 21.2 Å². The zero-order chi connectivity index (χ0) is 13.7. The first-order valence-electron chi connectivity index (χ1n) is 5.40. The van der Waals surface area contributed by atoms with Gasteiger partial charge in [0, 0.05) is 17.7 Å². The van der Waals surface area contributed by atoms with Gasteiger partial charge in [0.05, 0.1) is 9.40 Å². The summed E-state index contributed by atoms with van der Waals surface area (Å²) in [5, 5.41) is 13.3. The van der Waals surface area contributed by atoms with Gasteiger partial charge < -0.3 is 11.1 Å². The fourth-order valence-electron chi connectivity index (χ4n) is 1.38. The number of nitrogens with two attached hydrogens (primary N) is 1. The van der Waals surface area contributed by atoms with Crippen LogP contribution in [-0.2, 0) is 4.79 Å². The number of halogens is 1. The smallest absolute Gasteiger partial charge is 0.283 e. The quantitative estimate of drug-likeness (QED) is 0.643. The summed E-state index contributed by atoms with van der Waals surface area (Å²) in [6.45, 7) is 2.22. The van der Waals surface area contributed by atoms with Crippen molar-refractivity contribution in [3.8, 4) is 0 Å². The van der Waals surface area contributed by atoms with Crippen molar-refractivity contribution in [3.05, 3.63) is 32.8 Å². The minimum Gasteiger partial charge on any atom is -0.330 e. The summed E-state index contributed by atoms with van der Waals surface area (Å²) < 4.78 is 0.330. The predicted molar refractivity (Wildman–Crippen MR) is 72.3 cm³/mol. The number of benzene rings is 1. The summed E-state index contributed by atoms with van der Waals surface area (Å²) in [6, 6.07) is 4.34. The zero-order valence-corrected chi connectivity index (χ0v) is 11.4. The normalized spacial score (nSPS) is 11.9. The Kier molecular flexibility index (Phi) is 5.24. The number of hydrogen-bond acceptors (Lipinski definition) is 4. The van der Waals surface area contributed by atoms with Crippen molar-refractivity contribution >= 4 is 33.2 Å². The monoisotopic (exact) mass is 315 g/mol. The lowest BCUT2D eigenvalue weighted by Gasteiger charge is -2.11. The summed E-state index contributed by atoms with van der Waals surface area (Å²) in [7, 11) is 0. The molecule has 0 saturated carbocycles. The highest BCUT2D eigenvalue weighted by atomic mass is 79.9. The Morgan fingerprint density at radius 2 is 2.28 bits per heavy atom. The van der Waals surface area contributed by atoms with Gasteiger partial charge in [0.2, 0.25) is 5.91 Å². The second kappa shape index (κ2) is 6.46. The molecule has 1 aromatic carbocycles. The topological polar surface area (TPSA) is 98.3 Å². The number of nitro benzene ring substituents is 1. The Hall–Kier alpha value is -1.47. The van der Waals surface area contributed by atoms with Crippen LogP contribution in [0, 0.1) is 16.0 Å². The molecule has 6 nitrogen and oxygen atoms in total. The van der Waals surface area contributed by atoms with Crippen LogP contribution >= 0.6 is 15.9 Å². The Balaban J connectivity index is 2.77. The number of carbonyl (C=O) groups excluding carboxylic acids is 1. The van der Waals surface area contributed by atoms with Gasteiger partial charge in [0.15, 0.2) is 0 Å². The molecule has 98 valence electrons. The van der Waals surface area contributed by atoms with Crippen molar-refractivity contribution in [2.24, 2.45) is 11.7 Å². The first-order chi connectivity index (χ1) is 8.45. The van der Waals surface area contributed by atoms with Crippen LogP contribution in [-0.4, -0.2) is 17.4 Å². The van der Waals surface area contributed by atoms with Gasteiger partial charge in [0.1, 0.15) is 0 Å². The molecule has 0 spiro atoms. The molecule has 0 fully saturated rings. The van der Waals surface area contributed by atoms with Crippen molar-refractivity contribution in [2.75, 3.05) is 11.9 Å². The molecule has 0 aliphatic heterocycles. The molecule has 1 atom stereocenters. The highest BCUT2D eigenvalue weighted by Crippen LogP contribution is 2.27. The lowest BCUT2D eigenvalue weighted by Crippen LogP contribution is -2.22. The van der Waals surface area contributed by atoms with E-state index in [1.807, 2.05) is 0 Å². The molecule has 0 aliphatic carbocycles. The van der Waals surface area contributed by atoms with Crippen LogP contribution in [0.5, 0.6) is 0 Å². The van der Waals surface area contributed by atoms with Crippen LogP contribution in [0.15, 0.2) is 22.7 Å². The maximum Gasteiger partial charge on any atom is 0.283 e. The van der Waals surface area contributed by atoms with E-state index in [4.69, 9.17) is 5.73 Å². The molecule has 1 aromatic rings. The number of nitrogens with one attached hydrogen (secondary N) is 1. The maximum absolute atomic E-state index is 11.7. The number of rotatable bonds is 5. The van der Waals surface area contributed by atoms with E-state index in [0.29, 0.717) is 23.1 Å². The Labute approximate surface area is 113 Å². The van der Waals surface area contributed by atoms with E-state index in [1.165, 1.54) is 18.2 Å². The molecule has 1 amide bonds. The van der Waals surface area contributed by atoms with Gasteiger partial charge in [-0.25, -0.2) is 0 Å². The summed E-state index contributed by atoms with van der Waals surface area (Å²) in [5.41, 5.74) is 5.85. The van der Waals surface area contributed by atoms with Crippen molar-refractivity contribution < 1.29 is 9.72 Å². The lowest BCUT2D eigenvalue weighted by atomic mass is 10.1. The molecule has 3 N–H and O–H groups in total. The van der Waals surface area contributed by atoms with Crippen LogP contribution in [0.3, 0.4) is 0 Å². The highest BCUT2D eigenvalue weighted by molar-refractivity contribution is 9.10. The Morgan fingerprint density at radius 1 is 1.61 bits per heavy atom.